The van der Waals surface area contributed by atoms with E-state index in [1.807, 2.05) is 32.0 Å². The number of rotatable bonds is 7. The highest BCUT2D eigenvalue weighted by molar-refractivity contribution is 5.15. The van der Waals surface area contributed by atoms with Crippen LogP contribution in [0.2, 0.25) is 0 Å². The fraction of sp³-hybridized carbons (Fsp3) is 0.600. The van der Waals surface area contributed by atoms with Gasteiger partial charge in [-0.05, 0) is 45.2 Å². The fourth-order valence-electron chi connectivity index (χ4n) is 1.91. The zero-order valence-electron chi connectivity index (χ0n) is 11.6. The van der Waals surface area contributed by atoms with Crippen molar-refractivity contribution in [3.63, 3.8) is 0 Å². The molecule has 0 unspecified atom stereocenters. The van der Waals surface area contributed by atoms with Crippen molar-refractivity contribution in [1.29, 1.82) is 0 Å². The zero-order chi connectivity index (χ0) is 14.4. The second kappa shape index (κ2) is 6.94. The third-order valence-electron chi connectivity index (χ3n) is 3.12. The molecule has 0 aromatic heterocycles. The summed E-state index contributed by atoms with van der Waals surface area (Å²) in [7, 11) is 0. The molecule has 1 nitrogen and oxygen atoms in total. The molecule has 0 aliphatic rings. The van der Waals surface area contributed by atoms with E-state index in [0.29, 0.717) is 6.54 Å². The van der Waals surface area contributed by atoms with Crippen molar-refractivity contribution in [1.82, 2.24) is 5.32 Å². The molecule has 0 heterocycles. The quantitative estimate of drug-likeness (QED) is 0.729. The van der Waals surface area contributed by atoms with Crippen molar-refractivity contribution in [2.75, 3.05) is 6.54 Å². The molecule has 1 N–H and O–H groups in total. The standard InChI is InChI=1S/C15H22F3N/c1-14(2,19-12-6-10-15(16,17)18)11-9-13-7-4-3-5-8-13/h3-5,7-8,19H,6,9-12H2,1-2H3. The molecule has 19 heavy (non-hydrogen) atoms. The van der Waals surface area contributed by atoms with Gasteiger partial charge in [-0.15, -0.1) is 0 Å². The molecule has 0 saturated heterocycles. The van der Waals surface area contributed by atoms with Gasteiger partial charge in [-0.1, -0.05) is 30.3 Å². The molecule has 0 amide bonds. The average Bonchev–Trinajstić information content (AvgIpc) is 2.33. The summed E-state index contributed by atoms with van der Waals surface area (Å²) in [6.45, 7) is 4.47. The van der Waals surface area contributed by atoms with Crippen molar-refractivity contribution < 1.29 is 13.2 Å². The van der Waals surface area contributed by atoms with Crippen LogP contribution in [0.3, 0.4) is 0 Å². The molecular weight excluding hydrogens is 251 g/mol. The minimum absolute atomic E-state index is 0.137. The monoisotopic (exact) mass is 273 g/mol. The van der Waals surface area contributed by atoms with Gasteiger partial charge in [0.2, 0.25) is 0 Å². The van der Waals surface area contributed by atoms with E-state index in [9.17, 15) is 13.2 Å². The van der Waals surface area contributed by atoms with Crippen LogP contribution in [0.5, 0.6) is 0 Å². The van der Waals surface area contributed by atoms with Crippen molar-refractivity contribution in [2.24, 2.45) is 0 Å². The molecule has 0 bridgehead atoms. The van der Waals surface area contributed by atoms with Crippen LogP contribution in [0.4, 0.5) is 13.2 Å². The number of aryl methyl sites for hydroxylation is 1. The van der Waals surface area contributed by atoms with E-state index in [1.165, 1.54) is 5.56 Å². The predicted octanol–water partition coefficient (Wildman–Crippen LogP) is 4.33. The van der Waals surface area contributed by atoms with Gasteiger partial charge in [-0.2, -0.15) is 13.2 Å². The lowest BCUT2D eigenvalue weighted by molar-refractivity contribution is -0.135. The highest BCUT2D eigenvalue weighted by atomic mass is 19.4. The van der Waals surface area contributed by atoms with Crippen LogP contribution in [0.25, 0.3) is 0 Å². The lowest BCUT2D eigenvalue weighted by Crippen LogP contribution is -2.40. The van der Waals surface area contributed by atoms with Crippen LogP contribution in [-0.2, 0) is 6.42 Å². The molecule has 0 atom stereocenters. The summed E-state index contributed by atoms with van der Waals surface area (Å²) >= 11 is 0. The second-order valence-electron chi connectivity index (χ2n) is 5.51. The summed E-state index contributed by atoms with van der Waals surface area (Å²) in [5, 5.41) is 3.20. The highest BCUT2D eigenvalue weighted by Crippen LogP contribution is 2.21. The van der Waals surface area contributed by atoms with Gasteiger partial charge in [0.05, 0.1) is 0 Å². The van der Waals surface area contributed by atoms with E-state index in [0.717, 1.165) is 12.8 Å². The molecule has 0 radical (unpaired) electrons. The van der Waals surface area contributed by atoms with Gasteiger partial charge < -0.3 is 5.32 Å². The van der Waals surface area contributed by atoms with Crippen molar-refractivity contribution in [2.45, 2.75) is 51.2 Å². The minimum Gasteiger partial charge on any atom is -0.312 e. The molecule has 0 aliphatic carbocycles. The second-order valence-corrected chi connectivity index (χ2v) is 5.51. The molecule has 1 aromatic rings. The Balaban J connectivity index is 2.24. The lowest BCUT2D eigenvalue weighted by Gasteiger charge is -2.26. The van der Waals surface area contributed by atoms with Gasteiger partial charge in [-0.3, -0.25) is 0 Å². The topological polar surface area (TPSA) is 12.0 Å². The first kappa shape index (κ1) is 16.0. The Labute approximate surface area is 113 Å². The highest BCUT2D eigenvalue weighted by Gasteiger charge is 2.26. The van der Waals surface area contributed by atoms with Gasteiger partial charge in [0.1, 0.15) is 0 Å². The summed E-state index contributed by atoms with van der Waals surface area (Å²) in [5.74, 6) is 0. The van der Waals surface area contributed by atoms with Gasteiger partial charge in [-0.25, -0.2) is 0 Å². The maximum Gasteiger partial charge on any atom is 0.389 e. The predicted molar refractivity (Wildman–Crippen MR) is 72.1 cm³/mol. The SMILES string of the molecule is CC(C)(CCc1ccccc1)NCCCC(F)(F)F. The number of hydrogen-bond acceptors (Lipinski definition) is 1. The molecule has 4 heteroatoms. The summed E-state index contributed by atoms with van der Waals surface area (Å²) < 4.78 is 36.1. The van der Waals surface area contributed by atoms with E-state index >= 15 is 0 Å². The fourth-order valence-corrected chi connectivity index (χ4v) is 1.91. The van der Waals surface area contributed by atoms with E-state index in [2.05, 4.69) is 17.4 Å². The van der Waals surface area contributed by atoms with Crippen LogP contribution >= 0.6 is 0 Å². The minimum atomic E-state index is -4.05. The number of halogens is 3. The Bertz CT molecular complexity index is 357. The van der Waals surface area contributed by atoms with Gasteiger partial charge >= 0.3 is 6.18 Å². The van der Waals surface area contributed by atoms with Gasteiger partial charge in [0.15, 0.2) is 0 Å². The third-order valence-corrected chi connectivity index (χ3v) is 3.12. The normalized spacial score (nSPS) is 12.7. The molecule has 1 aromatic carbocycles. The summed E-state index contributed by atoms with van der Waals surface area (Å²) in [6.07, 6.45) is -2.79. The number of benzene rings is 1. The molecule has 1 rings (SSSR count). The van der Waals surface area contributed by atoms with E-state index in [4.69, 9.17) is 0 Å². The molecule has 108 valence electrons. The Morgan fingerprint density at radius 2 is 1.63 bits per heavy atom. The first-order chi connectivity index (χ1) is 8.79. The van der Waals surface area contributed by atoms with Gasteiger partial charge in [0, 0.05) is 12.0 Å². The summed E-state index contributed by atoms with van der Waals surface area (Å²) in [5.41, 5.74) is 1.12. The zero-order valence-corrected chi connectivity index (χ0v) is 11.6. The van der Waals surface area contributed by atoms with Crippen molar-refractivity contribution in [3.05, 3.63) is 35.9 Å². The smallest absolute Gasteiger partial charge is 0.312 e. The Kier molecular flexibility index (Phi) is 5.85. The Hall–Kier alpha value is -1.03. The molecular formula is C15H22F3N. The van der Waals surface area contributed by atoms with E-state index in [1.54, 1.807) is 0 Å². The van der Waals surface area contributed by atoms with Crippen LogP contribution in [0.1, 0.15) is 38.7 Å². The summed E-state index contributed by atoms with van der Waals surface area (Å²) in [6, 6.07) is 10.1. The molecule has 0 aliphatic heterocycles. The van der Waals surface area contributed by atoms with Gasteiger partial charge in [0.25, 0.3) is 0 Å². The maximum absolute atomic E-state index is 12.0. The van der Waals surface area contributed by atoms with E-state index < -0.39 is 12.6 Å². The van der Waals surface area contributed by atoms with E-state index in [-0.39, 0.29) is 12.0 Å². The number of hydrogen-bond donors (Lipinski definition) is 1. The third kappa shape index (κ3) is 7.88. The van der Waals surface area contributed by atoms with Crippen molar-refractivity contribution >= 4 is 0 Å². The Morgan fingerprint density at radius 1 is 1.00 bits per heavy atom. The maximum atomic E-state index is 12.0. The van der Waals surface area contributed by atoms with Crippen molar-refractivity contribution in [3.8, 4) is 0 Å². The first-order valence-electron chi connectivity index (χ1n) is 6.64. The Morgan fingerprint density at radius 3 is 2.21 bits per heavy atom. The van der Waals surface area contributed by atoms with Crippen LogP contribution < -0.4 is 5.32 Å². The molecule has 0 spiro atoms. The summed E-state index contributed by atoms with van der Waals surface area (Å²) in [4.78, 5) is 0. The number of nitrogens with one attached hydrogen (secondary N) is 1. The largest absolute Gasteiger partial charge is 0.389 e. The average molecular weight is 273 g/mol. The molecule has 0 fully saturated rings. The lowest BCUT2D eigenvalue weighted by atomic mass is 9.95. The number of alkyl halides is 3. The van der Waals surface area contributed by atoms with Crippen LogP contribution in [-0.4, -0.2) is 18.3 Å². The van der Waals surface area contributed by atoms with Crippen LogP contribution in [0.15, 0.2) is 30.3 Å². The van der Waals surface area contributed by atoms with Crippen LogP contribution in [0, 0.1) is 0 Å². The molecule has 0 saturated carbocycles. The first-order valence-corrected chi connectivity index (χ1v) is 6.64.